The quantitative estimate of drug-likeness (QED) is 0.380. The summed E-state index contributed by atoms with van der Waals surface area (Å²) in [6.07, 6.45) is 0. The standard InChI is InChI=1S/C15H11N3O7/c1-9(19)16-11-2-4-14(5-3-11)25-15(20)10-6-12(17(21)22)8-13(7-10)18(23)24/h2-8H,1H3,(H,16,19). The first-order valence-electron chi connectivity index (χ1n) is 6.80. The minimum atomic E-state index is -0.987. The van der Waals surface area contributed by atoms with Crippen LogP contribution in [0, 0.1) is 20.2 Å². The van der Waals surface area contributed by atoms with E-state index in [1.807, 2.05) is 0 Å². The number of anilines is 1. The minimum Gasteiger partial charge on any atom is -0.423 e. The van der Waals surface area contributed by atoms with E-state index in [9.17, 15) is 29.8 Å². The number of rotatable bonds is 5. The maximum atomic E-state index is 12.1. The average molecular weight is 345 g/mol. The monoisotopic (exact) mass is 345 g/mol. The van der Waals surface area contributed by atoms with Crippen molar-refractivity contribution in [1.82, 2.24) is 0 Å². The van der Waals surface area contributed by atoms with Crippen LogP contribution in [0.4, 0.5) is 17.1 Å². The molecule has 0 spiro atoms. The van der Waals surface area contributed by atoms with Crippen LogP contribution in [0.1, 0.15) is 17.3 Å². The van der Waals surface area contributed by atoms with E-state index in [1.165, 1.54) is 31.2 Å². The van der Waals surface area contributed by atoms with Crippen molar-refractivity contribution in [3.05, 3.63) is 68.3 Å². The van der Waals surface area contributed by atoms with E-state index in [0.29, 0.717) is 5.69 Å². The molecule has 0 atom stereocenters. The molecule has 10 heteroatoms. The summed E-state index contributed by atoms with van der Waals surface area (Å²) in [6.45, 7) is 1.34. The normalized spacial score (nSPS) is 9.96. The van der Waals surface area contributed by atoms with Gasteiger partial charge in [-0.05, 0) is 24.3 Å². The Balaban J connectivity index is 2.24. The van der Waals surface area contributed by atoms with Gasteiger partial charge in [-0.3, -0.25) is 25.0 Å². The Bertz CT molecular complexity index is 830. The van der Waals surface area contributed by atoms with Crippen LogP contribution in [0.3, 0.4) is 0 Å². The van der Waals surface area contributed by atoms with Gasteiger partial charge >= 0.3 is 5.97 Å². The molecule has 0 saturated heterocycles. The Morgan fingerprint density at radius 1 is 0.960 bits per heavy atom. The van der Waals surface area contributed by atoms with Crippen LogP contribution in [0.2, 0.25) is 0 Å². The summed E-state index contributed by atoms with van der Waals surface area (Å²) in [7, 11) is 0. The van der Waals surface area contributed by atoms with E-state index in [-0.39, 0.29) is 17.2 Å². The second kappa shape index (κ2) is 7.17. The third-order valence-corrected chi connectivity index (χ3v) is 2.95. The Hall–Kier alpha value is -3.82. The number of nitrogens with zero attached hydrogens (tertiary/aromatic N) is 2. The Morgan fingerprint density at radius 3 is 1.92 bits per heavy atom. The van der Waals surface area contributed by atoms with Crippen molar-refractivity contribution in [3.8, 4) is 5.75 Å². The number of benzene rings is 2. The zero-order valence-corrected chi connectivity index (χ0v) is 12.8. The molecule has 25 heavy (non-hydrogen) atoms. The number of nitrogens with one attached hydrogen (secondary N) is 1. The second-order valence-corrected chi connectivity index (χ2v) is 4.85. The third-order valence-electron chi connectivity index (χ3n) is 2.95. The Morgan fingerprint density at radius 2 is 1.48 bits per heavy atom. The van der Waals surface area contributed by atoms with Gasteiger partial charge in [0.1, 0.15) is 5.75 Å². The molecule has 0 aliphatic rings. The lowest BCUT2D eigenvalue weighted by Gasteiger charge is -2.06. The van der Waals surface area contributed by atoms with Crippen LogP contribution >= 0.6 is 0 Å². The maximum Gasteiger partial charge on any atom is 0.344 e. The Labute approximate surface area is 140 Å². The number of non-ortho nitro benzene ring substituents is 2. The fraction of sp³-hybridized carbons (Fsp3) is 0.0667. The summed E-state index contributed by atoms with van der Waals surface area (Å²) in [6, 6.07) is 8.30. The van der Waals surface area contributed by atoms with Gasteiger partial charge in [-0.25, -0.2) is 4.79 Å². The summed E-state index contributed by atoms with van der Waals surface area (Å²) < 4.78 is 5.03. The van der Waals surface area contributed by atoms with Crippen LogP contribution in [-0.2, 0) is 4.79 Å². The molecule has 2 aromatic rings. The van der Waals surface area contributed by atoms with Crippen molar-refractivity contribution in [2.45, 2.75) is 6.92 Å². The van der Waals surface area contributed by atoms with Gasteiger partial charge in [-0.2, -0.15) is 0 Å². The number of hydrogen-bond acceptors (Lipinski definition) is 7. The number of nitro groups is 2. The molecular weight excluding hydrogens is 334 g/mol. The third kappa shape index (κ3) is 4.58. The number of hydrogen-bond donors (Lipinski definition) is 1. The first-order chi connectivity index (χ1) is 11.8. The molecule has 0 unspecified atom stereocenters. The van der Waals surface area contributed by atoms with Crippen molar-refractivity contribution >= 4 is 28.9 Å². The van der Waals surface area contributed by atoms with E-state index in [4.69, 9.17) is 4.74 Å². The van der Waals surface area contributed by atoms with Crippen LogP contribution in [0.25, 0.3) is 0 Å². The molecule has 0 aliphatic heterocycles. The molecule has 0 saturated carbocycles. The molecule has 0 heterocycles. The second-order valence-electron chi connectivity index (χ2n) is 4.85. The predicted molar refractivity (Wildman–Crippen MR) is 85.5 cm³/mol. The van der Waals surface area contributed by atoms with E-state index in [0.717, 1.165) is 18.2 Å². The molecule has 0 radical (unpaired) electrons. The van der Waals surface area contributed by atoms with Gasteiger partial charge in [0.15, 0.2) is 0 Å². The number of amides is 1. The van der Waals surface area contributed by atoms with E-state index >= 15 is 0 Å². The molecule has 128 valence electrons. The topological polar surface area (TPSA) is 142 Å². The molecule has 2 rings (SSSR count). The molecule has 0 fully saturated rings. The SMILES string of the molecule is CC(=O)Nc1ccc(OC(=O)c2cc([N+](=O)[O-])cc([N+](=O)[O-])c2)cc1. The number of ether oxygens (including phenoxy) is 1. The van der Waals surface area contributed by atoms with Gasteiger partial charge in [0, 0.05) is 24.7 Å². The van der Waals surface area contributed by atoms with Crippen LogP contribution < -0.4 is 10.1 Å². The molecule has 2 aromatic carbocycles. The van der Waals surface area contributed by atoms with E-state index < -0.39 is 27.2 Å². The minimum absolute atomic E-state index is 0.105. The number of nitro benzene ring substituents is 2. The molecule has 0 aliphatic carbocycles. The molecule has 1 amide bonds. The lowest BCUT2D eigenvalue weighted by Crippen LogP contribution is -2.10. The first-order valence-corrected chi connectivity index (χ1v) is 6.80. The predicted octanol–water partition coefficient (Wildman–Crippen LogP) is 2.68. The molecule has 0 bridgehead atoms. The first kappa shape index (κ1) is 17.5. The highest BCUT2D eigenvalue weighted by molar-refractivity contribution is 5.93. The average Bonchev–Trinajstić information content (AvgIpc) is 2.55. The maximum absolute atomic E-state index is 12.1. The summed E-state index contributed by atoms with van der Waals surface area (Å²) in [4.78, 5) is 43.0. The van der Waals surface area contributed by atoms with Crippen molar-refractivity contribution in [2.24, 2.45) is 0 Å². The lowest BCUT2D eigenvalue weighted by molar-refractivity contribution is -0.394. The smallest absolute Gasteiger partial charge is 0.344 e. The van der Waals surface area contributed by atoms with E-state index in [1.54, 1.807) is 0 Å². The summed E-state index contributed by atoms with van der Waals surface area (Å²) in [5.74, 6) is -1.15. The number of carbonyl (C=O) groups is 2. The molecule has 0 aromatic heterocycles. The number of esters is 1. The molecule has 1 N–H and O–H groups in total. The van der Waals surface area contributed by atoms with Crippen LogP contribution in [-0.4, -0.2) is 21.7 Å². The van der Waals surface area contributed by atoms with E-state index in [2.05, 4.69) is 5.32 Å². The van der Waals surface area contributed by atoms with Crippen LogP contribution in [0.5, 0.6) is 5.75 Å². The zero-order chi connectivity index (χ0) is 18.6. The number of carbonyl (C=O) groups excluding carboxylic acids is 2. The fourth-order valence-corrected chi connectivity index (χ4v) is 1.90. The van der Waals surface area contributed by atoms with Gasteiger partial charge in [-0.1, -0.05) is 0 Å². The highest BCUT2D eigenvalue weighted by Gasteiger charge is 2.21. The Kier molecular flexibility index (Phi) is 5.03. The highest BCUT2D eigenvalue weighted by Crippen LogP contribution is 2.24. The zero-order valence-electron chi connectivity index (χ0n) is 12.8. The van der Waals surface area contributed by atoms with Crippen molar-refractivity contribution < 1.29 is 24.2 Å². The fourth-order valence-electron chi connectivity index (χ4n) is 1.90. The summed E-state index contributed by atoms with van der Waals surface area (Å²) in [5.41, 5.74) is -1.03. The van der Waals surface area contributed by atoms with Crippen molar-refractivity contribution in [2.75, 3.05) is 5.32 Å². The lowest BCUT2D eigenvalue weighted by atomic mass is 10.2. The molecular formula is C15H11N3O7. The summed E-state index contributed by atoms with van der Waals surface area (Å²) in [5, 5.41) is 24.2. The molecule has 10 nitrogen and oxygen atoms in total. The van der Waals surface area contributed by atoms with Gasteiger partial charge in [0.2, 0.25) is 5.91 Å². The van der Waals surface area contributed by atoms with Gasteiger partial charge in [0.05, 0.1) is 21.5 Å². The van der Waals surface area contributed by atoms with Gasteiger partial charge in [-0.15, -0.1) is 0 Å². The summed E-state index contributed by atoms with van der Waals surface area (Å²) >= 11 is 0. The van der Waals surface area contributed by atoms with Gasteiger partial charge < -0.3 is 10.1 Å². The highest BCUT2D eigenvalue weighted by atomic mass is 16.6. The van der Waals surface area contributed by atoms with Crippen molar-refractivity contribution in [3.63, 3.8) is 0 Å². The largest absolute Gasteiger partial charge is 0.423 e. The van der Waals surface area contributed by atoms with Crippen LogP contribution in [0.15, 0.2) is 42.5 Å². The van der Waals surface area contributed by atoms with Crippen molar-refractivity contribution in [1.29, 1.82) is 0 Å². The van der Waals surface area contributed by atoms with Gasteiger partial charge in [0.25, 0.3) is 11.4 Å².